The van der Waals surface area contributed by atoms with E-state index in [4.69, 9.17) is 14.2 Å². The van der Waals surface area contributed by atoms with Crippen molar-refractivity contribution in [2.24, 2.45) is 5.10 Å². The number of methoxy groups -OCH3 is 3. The molecule has 0 fully saturated rings. The number of hydrazone groups is 1. The molecule has 1 aromatic heterocycles. The lowest BCUT2D eigenvalue weighted by atomic mass is 9.87. The van der Waals surface area contributed by atoms with Crippen molar-refractivity contribution < 1.29 is 19.0 Å². The van der Waals surface area contributed by atoms with Crippen LogP contribution >= 0.6 is 11.8 Å². The predicted octanol–water partition coefficient (Wildman–Crippen LogP) is 5.89. The van der Waals surface area contributed by atoms with Gasteiger partial charge in [-0.25, -0.2) is 5.43 Å². The summed E-state index contributed by atoms with van der Waals surface area (Å²) in [5.74, 6) is 2.46. The van der Waals surface area contributed by atoms with Crippen LogP contribution in [0.4, 0.5) is 0 Å². The predicted molar refractivity (Wildman–Crippen MR) is 163 cm³/mol. The van der Waals surface area contributed by atoms with E-state index in [1.54, 1.807) is 27.4 Å². The van der Waals surface area contributed by atoms with Crippen molar-refractivity contribution in [1.29, 1.82) is 0 Å². The van der Waals surface area contributed by atoms with Gasteiger partial charge in [-0.05, 0) is 60.4 Å². The highest BCUT2D eigenvalue weighted by Gasteiger charge is 2.19. The molecule has 41 heavy (non-hydrogen) atoms. The molecule has 10 heteroatoms. The number of rotatable bonds is 10. The maximum absolute atomic E-state index is 12.8. The summed E-state index contributed by atoms with van der Waals surface area (Å²) in [6.07, 6.45) is 0. The number of hydrogen-bond donors (Lipinski definition) is 1. The Morgan fingerprint density at radius 3 is 2.20 bits per heavy atom. The van der Waals surface area contributed by atoms with Gasteiger partial charge >= 0.3 is 0 Å². The van der Waals surface area contributed by atoms with Gasteiger partial charge in [0.1, 0.15) is 5.75 Å². The number of amides is 1. The zero-order valence-electron chi connectivity index (χ0n) is 24.4. The minimum atomic E-state index is -0.268. The lowest BCUT2D eigenvalue weighted by molar-refractivity contribution is -0.118. The van der Waals surface area contributed by atoms with Gasteiger partial charge in [0, 0.05) is 16.8 Å². The molecule has 0 radical (unpaired) electrons. The summed E-state index contributed by atoms with van der Waals surface area (Å²) in [6, 6.07) is 21.4. The van der Waals surface area contributed by atoms with Crippen LogP contribution in [0, 0.1) is 0 Å². The fourth-order valence-electron chi connectivity index (χ4n) is 4.07. The SMILES string of the molecule is COc1ccc(-n2c(SCC(=O)N/N=C(/C)c3ccc(OC)c(OC)c3)nnc2-c2ccc(C(C)(C)C)cc2)cc1. The first-order valence-electron chi connectivity index (χ1n) is 13.0. The largest absolute Gasteiger partial charge is 0.497 e. The summed E-state index contributed by atoms with van der Waals surface area (Å²) in [5.41, 5.74) is 7.11. The van der Waals surface area contributed by atoms with Crippen molar-refractivity contribution in [3.8, 4) is 34.3 Å². The molecule has 0 unspecified atom stereocenters. The molecule has 4 rings (SSSR count). The van der Waals surface area contributed by atoms with Gasteiger partial charge in [-0.2, -0.15) is 5.10 Å². The third kappa shape index (κ3) is 7.07. The van der Waals surface area contributed by atoms with Gasteiger partial charge in [0.05, 0.1) is 32.8 Å². The van der Waals surface area contributed by atoms with E-state index in [0.717, 1.165) is 22.6 Å². The summed E-state index contributed by atoms with van der Waals surface area (Å²) < 4.78 is 17.9. The monoisotopic (exact) mass is 573 g/mol. The van der Waals surface area contributed by atoms with Gasteiger partial charge in [-0.3, -0.25) is 9.36 Å². The van der Waals surface area contributed by atoms with Crippen LogP contribution in [0.1, 0.15) is 38.8 Å². The zero-order chi connectivity index (χ0) is 29.6. The molecule has 0 aliphatic rings. The van der Waals surface area contributed by atoms with Crippen LogP contribution in [-0.2, 0) is 10.2 Å². The normalized spacial score (nSPS) is 11.7. The Bertz CT molecular complexity index is 1520. The fourth-order valence-corrected chi connectivity index (χ4v) is 4.81. The second kappa shape index (κ2) is 12.9. The molecule has 0 aliphatic carbocycles. The molecule has 214 valence electrons. The number of aromatic nitrogens is 3. The Kier molecular flexibility index (Phi) is 9.34. The van der Waals surface area contributed by atoms with Gasteiger partial charge in [-0.15, -0.1) is 10.2 Å². The lowest BCUT2D eigenvalue weighted by Crippen LogP contribution is -2.21. The average molecular weight is 574 g/mol. The van der Waals surface area contributed by atoms with Crippen molar-refractivity contribution in [2.75, 3.05) is 27.1 Å². The van der Waals surface area contributed by atoms with Crippen molar-refractivity contribution in [3.63, 3.8) is 0 Å². The number of benzene rings is 3. The van der Waals surface area contributed by atoms with E-state index in [1.165, 1.54) is 17.3 Å². The quantitative estimate of drug-likeness (QED) is 0.143. The number of nitrogens with zero attached hydrogens (tertiary/aromatic N) is 4. The van der Waals surface area contributed by atoms with Gasteiger partial charge in [0.15, 0.2) is 22.5 Å². The van der Waals surface area contributed by atoms with E-state index in [2.05, 4.69) is 65.8 Å². The number of nitrogens with one attached hydrogen (secondary N) is 1. The Labute approximate surface area is 244 Å². The minimum absolute atomic E-state index is 0.0385. The number of carbonyl (C=O) groups is 1. The van der Waals surface area contributed by atoms with E-state index >= 15 is 0 Å². The Hall–Kier alpha value is -4.31. The van der Waals surface area contributed by atoms with Crippen molar-refractivity contribution in [3.05, 3.63) is 77.9 Å². The Morgan fingerprint density at radius 1 is 0.902 bits per heavy atom. The molecule has 1 heterocycles. The lowest BCUT2D eigenvalue weighted by Gasteiger charge is -2.19. The smallest absolute Gasteiger partial charge is 0.250 e. The maximum atomic E-state index is 12.8. The number of hydrogen-bond acceptors (Lipinski definition) is 8. The second-order valence-electron chi connectivity index (χ2n) is 10.3. The van der Waals surface area contributed by atoms with Crippen LogP contribution in [0.2, 0.25) is 0 Å². The van der Waals surface area contributed by atoms with Gasteiger partial charge in [0.25, 0.3) is 5.91 Å². The molecule has 4 aromatic rings. The molecule has 0 saturated carbocycles. The first kappa shape index (κ1) is 29.7. The van der Waals surface area contributed by atoms with Crippen molar-refractivity contribution >= 4 is 23.4 Å². The van der Waals surface area contributed by atoms with E-state index < -0.39 is 0 Å². The van der Waals surface area contributed by atoms with Crippen molar-refractivity contribution in [2.45, 2.75) is 38.3 Å². The Morgan fingerprint density at radius 2 is 1.59 bits per heavy atom. The van der Waals surface area contributed by atoms with Crippen molar-refractivity contribution in [1.82, 2.24) is 20.2 Å². The first-order chi connectivity index (χ1) is 19.6. The van der Waals surface area contributed by atoms with Crippen LogP contribution < -0.4 is 19.6 Å². The van der Waals surface area contributed by atoms with Crippen LogP contribution in [0.15, 0.2) is 77.0 Å². The van der Waals surface area contributed by atoms with Gasteiger partial charge < -0.3 is 14.2 Å². The van der Waals surface area contributed by atoms with Crippen LogP contribution in [0.3, 0.4) is 0 Å². The maximum Gasteiger partial charge on any atom is 0.250 e. The summed E-state index contributed by atoms with van der Waals surface area (Å²) >= 11 is 1.28. The molecule has 0 aliphatic heterocycles. The van der Waals surface area contributed by atoms with Gasteiger partial charge in [0.2, 0.25) is 0 Å². The first-order valence-corrected chi connectivity index (χ1v) is 14.0. The van der Waals surface area contributed by atoms with E-state index in [9.17, 15) is 4.79 Å². The number of carbonyl (C=O) groups excluding carboxylic acids is 1. The summed E-state index contributed by atoms with van der Waals surface area (Å²) in [6.45, 7) is 8.36. The summed E-state index contributed by atoms with van der Waals surface area (Å²) in [4.78, 5) is 12.8. The number of thioether (sulfide) groups is 1. The molecule has 0 saturated heterocycles. The average Bonchev–Trinajstić information content (AvgIpc) is 3.42. The molecule has 1 amide bonds. The molecule has 9 nitrogen and oxygen atoms in total. The minimum Gasteiger partial charge on any atom is -0.497 e. The highest BCUT2D eigenvalue weighted by atomic mass is 32.2. The second-order valence-corrected chi connectivity index (χ2v) is 11.2. The molecule has 3 aromatic carbocycles. The zero-order valence-corrected chi connectivity index (χ0v) is 25.2. The van der Waals surface area contributed by atoms with E-state index in [-0.39, 0.29) is 17.1 Å². The van der Waals surface area contributed by atoms with Crippen LogP contribution in [0.5, 0.6) is 17.2 Å². The third-order valence-electron chi connectivity index (χ3n) is 6.46. The molecule has 0 bridgehead atoms. The fraction of sp³-hybridized carbons (Fsp3) is 0.290. The van der Waals surface area contributed by atoms with E-state index in [1.807, 2.05) is 47.9 Å². The van der Waals surface area contributed by atoms with Crippen LogP contribution in [-0.4, -0.2) is 53.5 Å². The molecule has 0 atom stereocenters. The Balaban J connectivity index is 1.54. The highest BCUT2D eigenvalue weighted by molar-refractivity contribution is 7.99. The van der Waals surface area contributed by atoms with E-state index in [0.29, 0.717) is 28.2 Å². The molecule has 1 N–H and O–H groups in total. The topological polar surface area (TPSA) is 99.9 Å². The van der Waals surface area contributed by atoms with Crippen LogP contribution in [0.25, 0.3) is 17.1 Å². The summed E-state index contributed by atoms with van der Waals surface area (Å²) in [5, 5.41) is 13.8. The number of ether oxygens (including phenoxy) is 3. The molecular formula is C31H35N5O4S. The molecular weight excluding hydrogens is 538 g/mol. The third-order valence-corrected chi connectivity index (χ3v) is 7.38. The van der Waals surface area contributed by atoms with Gasteiger partial charge in [-0.1, -0.05) is 56.8 Å². The molecule has 0 spiro atoms. The highest BCUT2D eigenvalue weighted by Crippen LogP contribution is 2.31. The standard InChI is InChI=1S/C31H35N5O4S/c1-20(22-10-17-26(39-6)27(18-22)40-7)32-33-28(37)19-41-30-35-34-29(21-8-11-23(12-9-21)31(2,3)4)36(30)24-13-15-25(38-5)16-14-24/h8-18H,19H2,1-7H3,(H,33,37)/b32-20-. The summed E-state index contributed by atoms with van der Waals surface area (Å²) in [7, 11) is 4.78.